The van der Waals surface area contributed by atoms with E-state index in [-0.39, 0.29) is 10.9 Å². The SMILES string of the molecule is COc1ncnc2sc(NC(=O)N3CCN(Cc4ccc(Cl)cc4S(C)(=O)=O)CC3)nc12. The number of hydrogen-bond donors (Lipinski definition) is 1. The van der Waals surface area contributed by atoms with Crippen LogP contribution in [0.5, 0.6) is 5.88 Å². The minimum Gasteiger partial charge on any atom is -0.479 e. The maximum Gasteiger partial charge on any atom is 0.323 e. The second-order valence-corrected chi connectivity index (χ2v) is 10.7. The first-order chi connectivity index (χ1) is 15.2. The highest BCUT2D eigenvalue weighted by molar-refractivity contribution is 7.90. The lowest BCUT2D eigenvalue weighted by Gasteiger charge is -2.34. The molecule has 0 spiro atoms. The van der Waals surface area contributed by atoms with Crippen molar-refractivity contribution in [2.45, 2.75) is 11.4 Å². The third kappa shape index (κ3) is 4.93. The van der Waals surface area contributed by atoms with Crippen molar-refractivity contribution >= 4 is 54.3 Å². The number of nitrogens with one attached hydrogen (secondary N) is 1. The second-order valence-electron chi connectivity index (χ2n) is 7.27. The van der Waals surface area contributed by atoms with E-state index >= 15 is 0 Å². The number of carbonyl (C=O) groups excluding carboxylic acids is 1. The molecule has 0 atom stereocenters. The van der Waals surface area contributed by atoms with Gasteiger partial charge in [0.2, 0.25) is 5.88 Å². The Kier molecular flexibility index (Phi) is 6.47. The standard InChI is InChI=1S/C19H21ClN6O4S2/c1-30-16-15-17(22-11-21-16)31-18(23-15)24-19(27)26-7-5-25(6-8-26)10-12-3-4-13(20)9-14(12)32(2,28)29/h3-4,9,11H,5-8,10H2,1-2H3,(H,23,24,27). The predicted octanol–water partition coefficient (Wildman–Crippen LogP) is 2.50. The molecule has 0 bridgehead atoms. The van der Waals surface area contributed by atoms with Crippen molar-refractivity contribution in [3.05, 3.63) is 35.1 Å². The zero-order valence-electron chi connectivity index (χ0n) is 17.4. The van der Waals surface area contributed by atoms with Gasteiger partial charge in [0.05, 0.1) is 12.0 Å². The summed E-state index contributed by atoms with van der Waals surface area (Å²) in [4.78, 5) is 29.9. The van der Waals surface area contributed by atoms with Crippen LogP contribution in [0.25, 0.3) is 10.3 Å². The number of ether oxygens (including phenoxy) is 1. The number of sulfone groups is 1. The smallest absolute Gasteiger partial charge is 0.323 e. The van der Waals surface area contributed by atoms with Gasteiger partial charge < -0.3 is 9.64 Å². The van der Waals surface area contributed by atoms with Gasteiger partial charge in [0.15, 0.2) is 25.3 Å². The zero-order valence-corrected chi connectivity index (χ0v) is 19.8. The minimum absolute atomic E-state index is 0.236. The number of anilines is 1. The fraction of sp³-hybridized carbons (Fsp3) is 0.368. The van der Waals surface area contributed by atoms with E-state index in [0.717, 1.165) is 0 Å². The zero-order chi connectivity index (χ0) is 22.9. The molecule has 3 heterocycles. The van der Waals surface area contributed by atoms with Crippen LogP contribution in [0.3, 0.4) is 0 Å². The molecule has 1 aliphatic heterocycles. The molecule has 1 aromatic carbocycles. The Morgan fingerprint density at radius 1 is 1.25 bits per heavy atom. The summed E-state index contributed by atoms with van der Waals surface area (Å²) in [6, 6.07) is 4.65. The fourth-order valence-electron chi connectivity index (χ4n) is 3.46. The molecule has 0 saturated carbocycles. The van der Waals surface area contributed by atoms with Crippen LogP contribution in [0.1, 0.15) is 5.56 Å². The van der Waals surface area contributed by atoms with E-state index in [2.05, 4.69) is 25.2 Å². The minimum atomic E-state index is -3.39. The Bertz CT molecular complexity index is 1260. The molecule has 2 amide bonds. The van der Waals surface area contributed by atoms with Crippen LogP contribution in [0.15, 0.2) is 29.4 Å². The van der Waals surface area contributed by atoms with Gasteiger partial charge in [-0.2, -0.15) is 4.98 Å². The van der Waals surface area contributed by atoms with Crippen molar-refractivity contribution in [2.75, 3.05) is 44.9 Å². The summed E-state index contributed by atoms with van der Waals surface area (Å²) in [6.45, 7) is 2.69. The number of methoxy groups -OCH3 is 1. The van der Waals surface area contributed by atoms with Crippen molar-refractivity contribution in [1.82, 2.24) is 24.8 Å². The number of rotatable bonds is 5. The topological polar surface area (TPSA) is 118 Å². The van der Waals surface area contributed by atoms with Gasteiger partial charge in [0, 0.05) is 44.0 Å². The van der Waals surface area contributed by atoms with Gasteiger partial charge >= 0.3 is 6.03 Å². The monoisotopic (exact) mass is 496 g/mol. The largest absolute Gasteiger partial charge is 0.479 e. The molecule has 32 heavy (non-hydrogen) atoms. The van der Waals surface area contributed by atoms with Crippen LogP contribution in [0.4, 0.5) is 9.93 Å². The third-order valence-corrected chi connectivity index (χ3v) is 7.34. The Morgan fingerprint density at radius 3 is 2.69 bits per heavy atom. The molecule has 0 unspecified atom stereocenters. The predicted molar refractivity (Wildman–Crippen MR) is 122 cm³/mol. The maximum atomic E-state index is 12.7. The van der Waals surface area contributed by atoms with E-state index in [1.807, 2.05) is 0 Å². The molecule has 1 fully saturated rings. The Labute approximate surface area is 194 Å². The van der Waals surface area contributed by atoms with Gasteiger partial charge in [-0.3, -0.25) is 10.2 Å². The summed E-state index contributed by atoms with van der Waals surface area (Å²) >= 11 is 7.23. The van der Waals surface area contributed by atoms with Crippen LogP contribution in [0, 0.1) is 0 Å². The average Bonchev–Trinajstić information content (AvgIpc) is 3.17. The van der Waals surface area contributed by atoms with Gasteiger partial charge in [0.25, 0.3) is 0 Å². The molecule has 10 nitrogen and oxygen atoms in total. The Balaban J connectivity index is 1.38. The first kappa shape index (κ1) is 22.6. The van der Waals surface area contributed by atoms with Crippen LogP contribution in [-0.4, -0.2) is 78.7 Å². The van der Waals surface area contributed by atoms with E-state index in [1.165, 1.54) is 37.1 Å². The quantitative estimate of drug-likeness (QED) is 0.572. The molecule has 0 radical (unpaired) electrons. The van der Waals surface area contributed by atoms with E-state index in [4.69, 9.17) is 16.3 Å². The van der Waals surface area contributed by atoms with Crippen molar-refractivity contribution in [3.8, 4) is 5.88 Å². The summed E-state index contributed by atoms with van der Waals surface area (Å²) in [6.07, 6.45) is 2.56. The van der Waals surface area contributed by atoms with Crippen molar-refractivity contribution in [1.29, 1.82) is 0 Å². The lowest BCUT2D eigenvalue weighted by Crippen LogP contribution is -2.49. The highest BCUT2D eigenvalue weighted by atomic mass is 35.5. The van der Waals surface area contributed by atoms with Gasteiger partial charge in [-0.25, -0.2) is 23.2 Å². The molecule has 170 valence electrons. The second kappa shape index (κ2) is 9.14. The molecule has 2 aromatic heterocycles. The van der Waals surface area contributed by atoms with Gasteiger partial charge in [-0.1, -0.05) is 29.0 Å². The number of thiazole rings is 1. The van der Waals surface area contributed by atoms with Crippen molar-refractivity contribution in [2.24, 2.45) is 0 Å². The van der Waals surface area contributed by atoms with Crippen LogP contribution < -0.4 is 10.1 Å². The normalized spacial score (nSPS) is 15.2. The number of hydrogen-bond acceptors (Lipinski definition) is 9. The van der Waals surface area contributed by atoms with Crippen molar-refractivity contribution in [3.63, 3.8) is 0 Å². The van der Waals surface area contributed by atoms with Gasteiger partial charge in [0.1, 0.15) is 6.33 Å². The lowest BCUT2D eigenvalue weighted by molar-refractivity contribution is 0.142. The van der Waals surface area contributed by atoms with Crippen LogP contribution in [0.2, 0.25) is 5.02 Å². The van der Waals surface area contributed by atoms with E-state index in [9.17, 15) is 13.2 Å². The molecule has 4 rings (SSSR count). The molecular formula is C19H21ClN6O4S2. The molecule has 1 aliphatic rings. The highest BCUT2D eigenvalue weighted by Gasteiger charge is 2.24. The molecule has 13 heteroatoms. The summed E-state index contributed by atoms with van der Waals surface area (Å²) in [5.74, 6) is 0.357. The number of aromatic nitrogens is 3. The van der Waals surface area contributed by atoms with Crippen molar-refractivity contribution < 1.29 is 17.9 Å². The average molecular weight is 497 g/mol. The van der Waals surface area contributed by atoms with E-state index < -0.39 is 9.84 Å². The van der Waals surface area contributed by atoms with E-state index in [0.29, 0.717) is 64.7 Å². The van der Waals surface area contributed by atoms with Gasteiger partial charge in [-0.05, 0) is 17.7 Å². The Morgan fingerprint density at radius 2 is 2.00 bits per heavy atom. The summed E-state index contributed by atoms with van der Waals surface area (Å²) in [5.41, 5.74) is 1.20. The number of piperazine rings is 1. The fourth-order valence-corrected chi connectivity index (χ4v) is 5.44. The molecule has 1 N–H and O–H groups in total. The molecule has 0 aliphatic carbocycles. The first-order valence-corrected chi connectivity index (χ1v) is 12.8. The number of urea groups is 1. The first-order valence-electron chi connectivity index (χ1n) is 9.67. The number of halogens is 1. The molecular weight excluding hydrogens is 476 g/mol. The summed E-state index contributed by atoms with van der Waals surface area (Å²) in [7, 11) is -1.89. The lowest BCUT2D eigenvalue weighted by atomic mass is 10.2. The van der Waals surface area contributed by atoms with E-state index in [1.54, 1.807) is 17.0 Å². The third-order valence-electron chi connectivity index (χ3n) is 5.05. The number of benzene rings is 1. The summed E-state index contributed by atoms with van der Waals surface area (Å²) in [5, 5.41) is 3.62. The number of amides is 2. The number of fused-ring (bicyclic) bond motifs is 1. The molecule has 3 aromatic rings. The van der Waals surface area contributed by atoms with Crippen LogP contribution >= 0.6 is 22.9 Å². The highest BCUT2D eigenvalue weighted by Crippen LogP contribution is 2.29. The maximum absolute atomic E-state index is 12.7. The molecule has 1 saturated heterocycles. The Hall–Kier alpha value is -2.54. The summed E-state index contributed by atoms with van der Waals surface area (Å²) < 4.78 is 29.4. The number of nitrogens with zero attached hydrogens (tertiary/aromatic N) is 5. The van der Waals surface area contributed by atoms with Gasteiger partial charge in [-0.15, -0.1) is 0 Å². The van der Waals surface area contributed by atoms with Crippen LogP contribution in [-0.2, 0) is 16.4 Å². The number of carbonyl (C=O) groups is 1.